The van der Waals surface area contributed by atoms with Crippen LogP contribution in [0.25, 0.3) is 11.1 Å². The maximum Gasteiger partial charge on any atom is 0.305 e. The molecule has 1 aliphatic rings. The van der Waals surface area contributed by atoms with Crippen molar-refractivity contribution in [1.82, 2.24) is 20.5 Å². The van der Waals surface area contributed by atoms with Gasteiger partial charge < -0.3 is 25.5 Å². The Balaban J connectivity index is 1.61. The first-order chi connectivity index (χ1) is 22.2. The number of carboxylic acids is 1. The van der Waals surface area contributed by atoms with Gasteiger partial charge in [0.15, 0.2) is 0 Å². The third-order valence-corrected chi connectivity index (χ3v) is 8.48. The predicted molar refractivity (Wildman–Crippen MR) is 178 cm³/mol. The lowest BCUT2D eigenvalue weighted by molar-refractivity contribution is -0.137. The van der Waals surface area contributed by atoms with E-state index in [4.69, 9.17) is 0 Å². The monoisotopic (exact) mass is 649 g/mol. The fourth-order valence-corrected chi connectivity index (χ4v) is 6.18. The lowest BCUT2D eigenvalue weighted by Crippen LogP contribution is -2.48. The van der Waals surface area contributed by atoms with E-state index < -0.39 is 47.9 Å². The number of rotatable bonds is 11. The molecule has 9 nitrogen and oxygen atoms in total. The van der Waals surface area contributed by atoms with Crippen LogP contribution in [0.3, 0.4) is 0 Å². The van der Waals surface area contributed by atoms with Crippen LogP contribution in [0.4, 0.5) is 14.6 Å². The van der Waals surface area contributed by atoms with Crippen molar-refractivity contribution in [2.75, 3.05) is 38.1 Å². The fraction of sp³-hybridized carbons (Fsp3) is 0.444. The van der Waals surface area contributed by atoms with Crippen molar-refractivity contribution in [3.8, 4) is 11.1 Å². The molecular weight excluding hydrogens is 604 g/mol. The van der Waals surface area contributed by atoms with Crippen LogP contribution in [0.5, 0.6) is 0 Å². The summed E-state index contributed by atoms with van der Waals surface area (Å²) in [4.78, 5) is 48.2. The van der Waals surface area contributed by atoms with Crippen LogP contribution in [0.2, 0.25) is 0 Å². The Morgan fingerprint density at radius 2 is 1.64 bits per heavy atom. The van der Waals surface area contributed by atoms with E-state index in [-0.39, 0.29) is 29.2 Å². The number of nitrogens with zero attached hydrogens (tertiary/aromatic N) is 3. The quantitative estimate of drug-likeness (QED) is 0.249. The summed E-state index contributed by atoms with van der Waals surface area (Å²) in [6, 6.07) is 8.82. The van der Waals surface area contributed by atoms with E-state index in [0.717, 1.165) is 32.6 Å². The third-order valence-electron chi connectivity index (χ3n) is 8.48. The fourth-order valence-electron chi connectivity index (χ4n) is 6.18. The Morgan fingerprint density at radius 3 is 2.30 bits per heavy atom. The van der Waals surface area contributed by atoms with Gasteiger partial charge in [-0.1, -0.05) is 19.9 Å². The van der Waals surface area contributed by atoms with Gasteiger partial charge in [-0.25, -0.2) is 13.8 Å². The number of amides is 2. The molecular formula is C36H45F2N5O4. The number of aliphatic carboxylic acids is 1. The van der Waals surface area contributed by atoms with Gasteiger partial charge in [0.05, 0.1) is 12.5 Å². The van der Waals surface area contributed by atoms with Gasteiger partial charge in [0.25, 0.3) is 5.91 Å². The maximum absolute atomic E-state index is 15.7. The van der Waals surface area contributed by atoms with Crippen LogP contribution >= 0.6 is 0 Å². The van der Waals surface area contributed by atoms with Crippen molar-refractivity contribution >= 4 is 23.6 Å². The SMILES string of the molecule is Cc1cc(-c2c(C)cc(F)cc2C)cc([C@H](CC(=O)O)NC(=O)[C@H](CC(C)C)NC(=O)c2cccc(N3CCCN(C)CC3)n2)c1F. The number of carbonyl (C=O) groups excluding carboxylic acids is 2. The first-order valence-electron chi connectivity index (χ1n) is 16.0. The molecule has 1 aliphatic heterocycles. The molecule has 2 atom stereocenters. The molecule has 0 radical (unpaired) electrons. The molecule has 252 valence electrons. The second-order valence-electron chi connectivity index (χ2n) is 13.0. The average molecular weight is 650 g/mol. The zero-order chi connectivity index (χ0) is 34.4. The zero-order valence-electron chi connectivity index (χ0n) is 28.0. The highest BCUT2D eigenvalue weighted by Gasteiger charge is 2.29. The molecule has 0 saturated carbocycles. The summed E-state index contributed by atoms with van der Waals surface area (Å²) in [7, 11) is 2.07. The molecule has 2 amide bonds. The van der Waals surface area contributed by atoms with Crippen LogP contribution in [-0.2, 0) is 9.59 Å². The molecule has 0 unspecified atom stereocenters. The van der Waals surface area contributed by atoms with Crippen LogP contribution in [0.1, 0.15) is 71.9 Å². The van der Waals surface area contributed by atoms with Crippen molar-refractivity contribution in [3.63, 3.8) is 0 Å². The first-order valence-corrected chi connectivity index (χ1v) is 16.0. The summed E-state index contributed by atoms with van der Waals surface area (Å²) in [6.07, 6.45) is 0.629. The normalized spacial score (nSPS) is 15.2. The molecule has 11 heteroatoms. The van der Waals surface area contributed by atoms with Crippen LogP contribution < -0.4 is 15.5 Å². The minimum absolute atomic E-state index is 0.00837. The number of benzene rings is 2. The molecule has 47 heavy (non-hydrogen) atoms. The van der Waals surface area contributed by atoms with Gasteiger partial charge in [-0.2, -0.15) is 0 Å². The zero-order valence-corrected chi connectivity index (χ0v) is 28.0. The minimum Gasteiger partial charge on any atom is -0.481 e. The maximum atomic E-state index is 15.7. The van der Waals surface area contributed by atoms with Gasteiger partial charge in [-0.05, 0) is 117 Å². The summed E-state index contributed by atoms with van der Waals surface area (Å²) >= 11 is 0. The highest BCUT2D eigenvalue weighted by molar-refractivity contribution is 5.96. The molecule has 2 heterocycles. The van der Waals surface area contributed by atoms with Gasteiger partial charge in [0, 0.05) is 25.2 Å². The number of hydrogen-bond acceptors (Lipinski definition) is 6. The molecule has 1 fully saturated rings. The van der Waals surface area contributed by atoms with E-state index in [1.807, 2.05) is 19.9 Å². The lowest BCUT2D eigenvalue weighted by atomic mass is 9.90. The Bertz CT molecular complexity index is 1610. The summed E-state index contributed by atoms with van der Waals surface area (Å²) in [5.74, 6) is -2.79. The van der Waals surface area contributed by atoms with Crippen molar-refractivity contribution in [2.24, 2.45) is 5.92 Å². The standard InChI is InChI=1S/C36H45F2N5O4/c1-21(2)15-30(41-35(46)28-9-7-10-31(39-28)43-12-8-11-42(6)13-14-43)36(47)40-29(20-32(44)45)27-19-25(16-24(5)34(27)38)33-22(3)17-26(37)18-23(33)4/h7,9-10,16-19,21,29-30H,8,11-15,20H2,1-6H3,(H,40,47)(H,41,46)(H,44,45)/t29-,30-/m0/s1. The summed E-state index contributed by atoms with van der Waals surface area (Å²) in [5.41, 5.74) is 2.95. The number of hydrogen-bond donors (Lipinski definition) is 3. The molecule has 0 bridgehead atoms. The average Bonchev–Trinajstić information content (AvgIpc) is 3.21. The Kier molecular flexibility index (Phi) is 11.7. The second-order valence-corrected chi connectivity index (χ2v) is 13.0. The van der Waals surface area contributed by atoms with Gasteiger partial charge in [0.2, 0.25) is 5.91 Å². The summed E-state index contributed by atoms with van der Waals surface area (Å²) in [5, 5.41) is 15.3. The number of anilines is 1. The molecule has 3 aromatic rings. The highest BCUT2D eigenvalue weighted by Crippen LogP contribution is 2.34. The van der Waals surface area contributed by atoms with Crippen molar-refractivity contribution in [2.45, 2.75) is 66.0 Å². The number of carbonyl (C=O) groups is 3. The van der Waals surface area contributed by atoms with Crippen molar-refractivity contribution in [3.05, 3.63) is 82.0 Å². The van der Waals surface area contributed by atoms with Gasteiger partial charge >= 0.3 is 5.97 Å². The number of halogens is 2. The second kappa shape index (κ2) is 15.5. The summed E-state index contributed by atoms with van der Waals surface area (Å²) < 4.78 is 29.8. The largest absolute Gasteiger partial charge is 0.481 e. The lowest BCUT2D eigenvalue weighted by Gasteiger charge is -2.26. The molecule has 0 spiro atoms. The van der Waals surface area contributed by atoms with Crippen molar-refractivity contribution < 1.29 is 28.3 Å². The van der Waals surface area contributed by atoms with Gasteiger partial charge in [-0.15, -0.1) is 0 Å². The van der Waals surface area contributed by atoms with E-state index in [0.29, 0.717) is 28.1 Å². The van der Waals surface area contributed by atoms with Crippen molar-refractivity contribution in [1.29, 1.82) is 0 Å². The molecule has 0 aliphatic carbocycles. The van der Waals surface area contributed by atoms with Gasteiger partial charge in [-0.3, -0.25) is 14.4 Å². The molecule has 2 aromatic carbocycles. The first kappa shape index (κ1) is 35.5. The molecule has 3 N–H and O–H groups in total. The molecule has 1 saturated heterocycles. The number of likely N-dealkylation sites (N-methyl/N-ethyl adjacent to an activating group) is 1. The third kappa shape index (κ3) is 9.12. The minimum atomic E-state index is -1.24. The number of aryl methyl sites for hydroxylation is 3. The molecule has 1 aromatic heterocycles. The Labute approximate surface area is 275 Å². The number of aromatic nitrogens is 1. The summed E-state index contributed by atoms with van der Waals surface area (Å²) in [6.45, 7) is 12.3. The number of carboxylic acid groups (broad SMARTS) is 1. The smallest absolute Gasteiger partial charge is 0.305 e. The predicted octanol–water partition coefficient (Wildman–Crippen LogP) is 5.57. The van der Waals surface area contributed by atoms with E-state index >= 15 is 4.39 Å². The van der Waals surface area contributed by atoms with Gasteiger partial charge in [0.1, 0.15) is 29.2 Å². The topological polar surface area (TPSA) is 115 Å². The van der Waals surface area contributed by atoms with E-state index in [1.54, 1.807) is 39.0 Å². The number of nitrogens with one attached hydrogen (secondary N) is 2. The van der Waals surface area contributed by atoms with E-state index in [1.165, 1.54) is 18.2 Å². The Morgan fingerprint density at radius 1 is 0.936 bits per heavy atom. The van der Waals surface area contributed by atoms with Crippen LogP contribution in [0, 0.1) is 38.3 Å². The Hall–Kier alpha value is -4.38. The number of pyridine rings is 1. The molecule has 4 rings (SSSR count). The van der Waals surface area contributed by atoms with E-state index in [2.05, 4.69) is 32.5 Å². The van der Waals surface area contributed by atoms with Crippen LogP contribution in [0.15, 0.2) is 42.5 Å². The van der Waals surface area contributed by atoms with E-state index in [9.17, 15) is 23.9 Å². The van der Waals surface area contributed by atoms with Crippen LogP contribution in [-0.4, -0.2) is 72.0 Å². The highest BCUT2D eigenvalue weighted by atomic mass is 19.1.